The summed E-state index contributed by atoms with van der Waals surface area (Å²) >= 11 is 3.44. The van der Waals surface area contributed by atoms with Crippen LogP contribution < -0.4 is 4.90 Å². The van der Waals surface area contributed by atoms with E-state index in [1.165, 1.54) is 31.4 Å². The van der Waals surface area contributed by atoms with Gasteiger partial charge in [0, 0.05) is 24.1 Å². The first-order chi connectivity index (χ1) is 7.35. The molecular weight excluding hydrogens is 252 g/mol. The van der Waals surface area contributed by atoms with Crippen LogP contribution >= 0.6 is 15.9 Å². The zero-order valence-electron chi connectivity index (χ0n) is 9.12. The highest BCUT2D eigenvalue weighted by atomic mass is 79.9. The summed E-state index contributed by atoms with van der Waals surface area (Å²) < 4.78 is 0. The molecule has 15 heavy (non-hydrogen) atoms. The van der Waals surface area contributed by atoms with E-state index in [9.17, 15) is 0 Å². The van der Waals surface area contributed by atoms with E-state index in [1.54, 1.807) is 0 Å². The quantitative estimate of drug-likeness (QED) is 0.782. The highest BCUT2D eigenvalue weighted by Gasteiger charge is 2.23. The smallest absolute Gasteiger partial charge is 0.128 e. The van der Waals surface area contributed by atoms with Crippen LogP contribution in [0.15, 0.2) is 18.3 Å². The molecule has 1 unspecified atom stereocenters. The largest absolute Gasteiger partial charge is 0.354 e. The zero-order chi connectivity index (χ0) is 10.7. The maximum Gasteiger partial charge on any atom is 0.128 e. The van der Waals surface area contributed by atoms with E-state index in [2.05, 4.69) is 44.9 Å². The Hall–Kier alpha value is -0.570. The molecule has 0 bridgehead atoms. The van der Waals surface area contributed by atoms with E-state index < -0.39 is 0 Å². The average Bonchev–Trinajstić information content (AvgIpc) is 2.77. The molecular formula is C12H17BrN2. The van der Waals surface area contributed by atoms with Gasteiger partial charge in [0.1, 0.15) is 5.82 Å². The first kappa shape index (κ1) is 10.9. The Labute approximate surface area is 99.8 Å². The Bertz CT molecular complexity index is 310. The number of halogens is 1. The zero-order valence-corrected chi connectivity index (χ0v) is 10.7. The molecule has 2 nitrogen and oxygen atoms in total. The summed E-state index contributed by atoms with van der Waals surface area (Å²) in [6.45, 7) is 3.43. The lowest BCUT2D eigenvalue weighted by molar-refractivity contribution is 0.640. The molecule has 0 radical (unpaired) electrons. The van der Waals surface area contributed by atoms with Gasteiger partial charge in [-0.2, -0.15) is 0 Å². The SMILES string of the molecule is CCC1CCCN1c1ccc(CBr)cn1. The van der Waals surface area contributed by atoms with Crippen molar-refractivity contribution >= 4 is 21.7 Å². The van der Waals surface area contributed by atoms with Crippen LogP contribution in [-0.2, 0) is 5.33 Å². The summed E-state index contributed by atoms with van der Waals surface area (Å²) in [5.74, 6) is 1.14. The molecule has 1 aromatic heterocycles. The monoisotopic (exact) mass is 268 g/mol. The van der Waals surface area contributed by atoms with Crippen LogP contribution in [-0.4, -0.2) is 17.6 Å². The van der Waals surface area contributed by atoms with E-state index >= 15 is 0 Å². The second kappa shape index (κ2) is 4.97. The Morgan fingerprint density at radius 1 is 1.53 bits per heavy atom. The van der Waals surface area contributed by atoms with E-state index in [1.807, 2.05) is 6.20 Å². The minimum atomic E-state index is 0.701. The molecule has 3 heteroatoms. The minimum Gasteiger partial charge on any atom is -0.354 e. The number of aromatic nitrogens is 1. The van der Waals surface area contributed by atoms with Gasteiger partial charge in [-0.15, -0.1) is 0 Å². The van der Waals surface area contributed by atoms with Crippen molar-refractivity contribution in [1.82, 2.24) is 4.98 Å². The summed E-state index contributed by atoms with van der Waals surface area (Å²) in [4.78, 5) is 6.97. The lowest BCUT2D eigenvalue weighted by Crippen LogP contribution is -2.29. The predicted octanol–water partition coefficient (Wildman–Crippen LogP) is 3.36. The fraction of sp³-hybridized carbons (Fsp3) is 0.583. The Morgan fingerprint density at radius 2 is 2.40 bits per heavy atom. The number of hydrogen-bond donors (Lipinski definition) is 0. The van der Waals surface area contributed by atoms with Gasteiger partial charge < -0.3 is 4.90 Å². The average molecular weight is 269 g/mol. The number of nitrogens with zero attached hydrogens (tertiary/aromatic N) is 2. The fourth-order valence-electron chi connectivity index (χ4n) is 2.23. The molecule has 1 aromatic rings. The second-order valence-electron chi connectivity index (χ2n) is 4.06. The third-order valence-electron chi connectivity index (χ3n) is 3.11. The Morgan fingerprint density at radius 3 is 3.00 bits per heavy atom. The van der Waals surface area contributed by atoms with Crippen LogP contribution in [0.25, 0.3) is 0 Å². The summed E-state index contributed by atoms with van der Waals surface area (Å²) in [5, 5.41) is 0.886. The van der Waals surface area contributed by atoms with Crippen molar-refractivity contribution in [3.8, 4) is 0 Å². The van der Waals surface area contributed by atoms with Crippen molar-refractivity contribution in [2.75, 3.05) is 11.4 Å². The van der Waals surface area contributed by atoms with Crippen molar-refractivity contribution in [3.05, 3.63) is 23.9 Å². The molecule has 82 valence electrons. The van der Waals surface area contributed by atoms with Gasteiger partial charge in [-0.1, -0.05) is 28.9 Å². The highest BCUT2D eigenvalue weighted by Crippen LogP contribution is 2.25. The molecule has 0 aromatic carbocycles. The normalized spacial score (nSPS) is 20.9. The summed E-state index contributed by atoms with van der Waals surface area (Å²) in [6.07, 6.45) is 5.82. The molecule has 0 N–H and O–H groups in total. The summed E-state index contributed by atoms with van der Waals surface area (Å²) in [6, 6.07) is 5.00. The molecule has 1 saturated heterocycles. The highest BCUT2D eigenvalue weighted by molar-refractivity contribution is 9.08. The van der Waals surface area contributed by atoms with Gasteiger partial charge in [-0.25, -0.2) is 4.98 Å². The molecule has 0 amide bonds. The standard InChI is InChI=1S/C12H17BrN2/c1-2-11-4-3-7-15(11)12-6-5-10(8-13)9-14-12/h5-6,9,11H,2-4,7-8H2,1H3. The van der Waals surface area contributed by atoms with E-state index in [0.29, 0.717) is 6.04 Å². The van der Waals surface area contributed by atoms with Gasteiger partial charge in [0.15, 0.2) is 0 Å². The second-order valence-corrected chi connectivity index (χ2v) is 4.62. The van der Waals surface area contributed by atoms with Crippen molar-refractivity contribution < 1.29 is 0 Å². The first-order valence-corrected chi connectivity index (χ1v) is 6.75. The van der Waals surface area contributed by atoms with Gasteiger partial charge in [-0.05, 0) is 30.9 Å². The fourth-order valence-corrected chi connectivity index (χ4v) is 2.56. The van der Waals surface area contributed by atoms with Crippen molar-refractivity contribution in [2.45, 2.75) is 37.6 Å². The number of alkyl halides is 1. The van der Waals surface area contributed by atoms with Crippen LogP contribution in [0.4, 0.5) is 5.82 Å². The molecule has 0 aliphatic carbocycles. The van der Waals surface area contributed by atoms with E-state index in [0.717, 1.165) is 11.1 Å². The molecule has 0 spiro atoms. The third kappa shape index (κ3) is 2.33. The third-order valence-corrected chi connectivity index (χ3v) is 3.75. The molecule has 0 saturated carbocycles. The van der Waals surface area contributed by atoms with Gasteiger partial charge in [0.2, 0.25) is 0 Å². The number of rotatable bonds is 3. The Kier molecular flexibility index (Phi) is 3.62. The predicted molar refractivity (Wildman–Crippen MR) is 67.5 cm³/mol. The Balaban J connectivity index is 2.14. The minimum absolute atomic E-state index is 0.701. The molecule has 1 atom stereocenters. The molecule has 1 aliphatic heterocycles. The number of hydrogen-bond acceptors (Lipinski definition) is 2. The number of anilines is 1. The van der Waals surface area contributed by atoms with Crippen molar-refractivity contribution in [1.29, 1.82) is 0 Å². The lowest BCUT2D eigenvalue weighted by Gasteiger charge is -2.24. The number of pyridine rings is 1. The summed E-state index contributed by atoms with van der Waals surface area (Å²) in [5.41, 5.74) is 1.24. The maximum atomic E-state index is 4.53. The molecule has 2 rings (SSSR count). The van der Waals surface area contributed by atoms with Gasteiger partial charge in [0.25, 0.3) is 0 Å². The maximum absolute atomic E-state index is 4.53. The topological polar surface area (TPSA) is 16.1 Å². The van der Waals surface area contributed by atoms with Gasteiger partial charge in [-0.3, -0.25) is 0 Å². The van der Waals surface area contributed by atoms with Crippen molar-refractivity contribution in [3.63, 3.8) is 0 Å². The van der Waals surface area contributed by atoms with E-state index in [4.69, 9.17) is 0 Å². The first-order valence-electron chi connectivity index (χ1n) is 5.62. The van der Waals surface area contributed by atoms with Crippen LogP contribution in [0.5, 0.6) is 0 Å². The van der Waals surface area contributed by atoms with Gasteiger partial charge in [0.05, 0.1) is 0 Å². The van der Waals surface area contributed by atoms with Crippen LogP contribution in [0.2, 0.25) is 0 Å². The summed E-state index contributed by atoms with van der Waals surface area (Å²) in [7, 11) is 0. The molecule has 2 heterocycles. The van der Waals surface area contributed by atoms with Crippen LogP contribution in [0.3, 0.4) is 0 Å². The molecule has 1 aliphatic rings. The lowest BCUT2D eigenvalue weighted by atomic mass is 10.2. The van der Waals surface area contributed by atoms with Crippen LogP contribution in [0, 0.1) is 0 Å². The molecule has 1 fully saturated rings. The van der Waals surface area contributed by atoms with Gasteiger partial charge >= 0.3 is 0 Å². The van der Waals surface area contributed by atoms with Crippen molar-refractivity contribution in [2.24, 2.45) is 0 Å². The van der Waals surface area contributed by atoms with E-state index in [-0.39, 0.29) is 0 Å². The van der Waals surface area contributed by atoms with Crippen LogP contribution in [0.1, 0.15) is 31.7 Å².